The van der Waals surface area contributed by atoms with E-state index in [1.165, 1.54) is 0 Å². The highest BCUT2D eigenvalue weighted by Gasteiger charge is 2.18. The van der Waals surface area contributed by atoms with Gasteiger partial charge in [-0.15, -0.1) is 0 Å². The number of likely N-dealkylation sites (N-methyl/N-ethyl adjacent to an activating group) is 1. The number of hydrogen-bond acceptors (Lipinski definition) is 4. The first-order valence-corrected chi connectivity index (χ1v) is 8.38. The zero-order valence-electron chi connectivity index (χ0n) is 14.7. The predicted octanol–water partition coefficient (Wildman–Crippen LogP) is 3.56. The third kappa shape index (κ3) is 7.14. The van der Waals surface area contributed by atoms with Crippen LogP contribution in [0.2, 0.25) is 5.15 Å². The van der Waals surface area contributed by atoms with Crippen LogP contribution < -0.4 is 10.2 Å². The van der Waals surface area contributed by atoms with Gasteiger partial charge in [-0.2, -0.15) is 0 Å². The Bertz CT molecular complexity index is 415. The van der Waals surface area contributed by atoms with Gasteiger partial charge in [0.15, 0.2) is 5.15 Å². The van der Waals surface area contributed by atoms with Gasteiger partial charge in [-0.1, -0.05) is 39.0 Å². The highest BCUT2D eigenvalue weighted by molar-refractivity contribution is 6.32. The minimum atomic E-state index is 0.630. The number of aromatic nitrogens is 1. The monoisotopic (exact) mass is 326 g/mol. The lowest BCUT2D eigenvalue weighted by atomic mass is 10.2. The fourth-order valence-corrected chi connectivity index (χ4v) is 2.37. The molecule has 0 bridgehead atoms. The molecule has 0 aromatic carbocycles. The molecule has 0 saturated carbocycles. The lowest BCUT2D eigenvalue weighted by Crippen LogP contribution is -2.46. The van der Waals surface area contributed by atoms with E-state index in [9.17, 15) is 0 Å². The molecular formula is C17H31ClN4. The Balaban J connectivity index is 0.000000640. The molecule has 0 unspecified atom stereocenters. The lowest BCUT2D eigenvalue weighted by molar-refractivity contribution is 0.271. The second-order valence-corrected chi connectivity index (χ2v) is 5.03. The van der Waals surface area contributed by atoms with Gasteiger partial charge in [0.2, 0.25) is 0 Å². The van der Waals surface area contributed by atoms with Crippen LogP contribution in [-0.2, 0) is 0 Å². The van der Waals surface area contributed by atoms with E-state index in [0.717, 1.165) is 44.1 Å². The summed E-state index contributed by atoms with van der Waals surface area (Å²) < 4.78 is 0. The van der Waals surface area contributed by atoms with Crippen molar-refractivity contribution in [3.05, 3.63) is 35.8 Å². The molecule has 0 atom stereocenters. The van der Waals surface area contributed by atoms with Crippen LogP contribution in [0, 0.1) is 6.92 Å². The fraction of sp³-hybridized carbons (Fsp3) is 0.588. The van der Waals surface area contributed by atoms with Gasteiger partial charge in [-0.25, -0.2) is 4.98 Å². The molecule has 1 saturated heterocycles. The molecule has 1 aromatic rings. The van der Waals surface area contributed by atoms with Crippen molar-refractivity contribution in [1.82, 2.24) is 15.2 Å². The zero-order chi connectivity index (χ0) is 17.0. The molecule has 2 heterocycles. The number of hydrogen-bond donors (Lipinski definition) is 1. The van der Waals surface area contributed by atoms with Crippen LogP contribution in [0.1, 0.15) is 26.5 Å². The molecule has 1 aliphatic heterocycles. The number of aryl methyl sites for hydroxylation is 1. The van der Waals surface area contributed by atoms with Gasteiger partial charge in [0.05, 0.1) is 5.69 Å². The van der Waals surface area contributed by atoms with Gasteiger partial charge in [0, 0.05) is 38.9 Å². The number of rotatable bonds is 3. The summed E-state index contributed by atoms with van der Waals surface area (Å²) in [5.41, 5.74) is 2.05. The molecule has 0 amide bonds. The number of nitrogens with one attached hydrogen (secondary N) is 1. The number of nitrogens with zero attached hydrogens (tertiary/aromatic N) is 3. The summed E-state index contributed by atoms with van der Waals surface area (Å²) in [7, 11) is 1.81. The normalized spacial score (nSPS) is 14.2. The molecule has 0 radical (unpaired) electrons. The summed E-state index contributed by atoms with van der Waals surface area (Å²) >= 11 is 6.17. The van der Waals surface area contributed by atoms with Gasteiger partial charge in [0.25, 0.3) is 0 Å². The number of halogens is 1. The summed E-state index contributed by atoms with van der Waals surface area (Å²) in [4.78, 5) is 9.07. The van der Waals surface area contributed by atoms with E-state index in [1.807, 2.05) is 33.9 Å². The Morgan fingerprint density at radius 2 is 1.82 bits per heavy atom. The molecule has 1 N–H and O–H groups in total. The van der Waals surface area contributed by atoms with Crippen molar-refractivity contribution in [3.63, 3.8) is 0 Å². The van der Waals surface area contributed by atoms with E-state index >= 15 is 0 Å². The van der Waals surface area contributed by atoms with Crippen LogP contribution in [0.4, 0.5) is 5.69 Å². The van der Waals surface area contributed by atoms with Crippen molar-refractivity contribution in [2.75, 3.05) is 44.7 Å². The highest BCUT2D eigenvalue weighted by atomic mass is 35.5. The minimum Gasteiger partial charge on any atom is -0.394 e. The van der Waals surface area contributed by atoms with Gasteiger partial charge < -0.3 is 15.1 Å². The van der Waals surface area contributed by atoms with E-state index in [4.69, 9.17) is 11.6 Å². The van der Waals surface area contributed by atoms with Crippen LogP contribution in [0.3, 0.4) is 0 Å². The maximum Gasteiger partial charge on any atom is 0.152 e. The lowest BCUT2D eigenvalue weighted by Gasteiger charge is -2.35. The van der Waals surface area contributed by atoms with Crippen LogP contribution in [0.5, 0.6) is 0 Å². The topological polar surface area (TPSA) is 31.4 Å². The van der Waals surface area contributed by atoms with Crippen molar-refractivity contribution in [3.8, 4) is 0 Å². The average Bonchev–Trinajstić information content (AvgIpc) is 2.57. The third-order valence-corrected chi connectivity index (χ3v) is 3.61. The molecule has 1 aromatic heterocycles. The smallest absolute Gasteiger partial charge is 0.152 e. The average molecular weight is 327 g/mol. The molecule has 22 heavy (non-hydrogen) atoms. The SMILES string of the molecule is C=CNC.CC.CCN1CCN(c2ccc(C)nc2Cl)CC1. The Kier molecular flexibility index (Phi) is 11.6. The Morgan fingerprint density at radius 1 is 1.27 bits per heavy atom. The molecule has 2 rings (SSSR count). The number of pyridine rings is 1. The Labute approximate surface area is 141 Å². The summed E-state index contributed by atoms with van der Waals surface area (Å²) in [6, 6.07) is 4.10. The third-order valence-electron chi connectivity index (χ3n) is 3.33. The largest absolute Gasteiger partial charge is 0.394 e. The first kappa shape index (κ1) is 20.7. The van der Waals surface area contributed by atoms with Gasteiger partial charge >= 0.3 is 0 Å². The van der Waals surface area contributed by atoms with Crippen molar-refractivity contribution in [1.29, 1.82) is 0 Å². The summed E-state index contributed by atoms with van der Waals surface area (Å²) in [5.74, 6) is 0. The first-order valence-electron chi connectivity index (χ1n) is 8.01. The van der Waals surface area contributed by atoms with E-state index < -0.39 is 0 Å². The second kappa shape index (κ2) is 12.3. The first-order chi connectivity index (χ1) is 10.6. The maximum absolute atomic E-state index is 6.17. The Morgan fingerprint density at radius 3 is 2.23 bits per heavy atom. The molecule has 4 nitrogen and oxygen atoms in total. The van der Waals surface area contributed by atoms with Gasteiger partial charge in [-0.3, -0.25) is 0 Å². The minimum absolute atomic E-state index is 0.630. The van der Waals surface area contributed by atoms with Gasteiger partial charge in [-0.05, 0) is 31.8 Å². The van der Waals surface area contributed by atoms with Crippen LogP contribution in [0.25, 0.3) is 0 Å². The quantitative estimate of drug-likeness (QED) is 0.861. The zero-order valence-corrected chi connectivity index (χ0v) is 15.5. The summed E-state index contributed by atoms with van der Waals surface area (Å²) in [6.07, 6.45) is 1.62. The van der Waals surface area contributed by atoms with E-state index in [1.54, 1.807) is 6.20 Å². The molecule has 1 fully saturated rings. The molecule has 0 spiro atoms. The Hall–Kier alpha value is -1.26. The number of anilines is 1. The summed E-state index contributed by atoms with van der Waals surface area (Å²) in [6.45, 7) is 17.0. The molecule has 5 heteroatoms. The number of piperazine rings is 1. The van der Waals surface area contributed by atoms with Crippen molar-refractivity contribution < 1.29 is 0 Å². The van der Waals surface area contributed by atoms with Gasteiger partial charge in [0.1, 0.15) is 0 Å². The van der Waals surface area contributed by atoms with E-state index in [2.05, 4.69) is 39.7 Å². The van der Waals surface area contributed by atoms with Crippen molar-refractivity contribution in [2.24, 2.45) is 0 Å². The van der Waals surface area contributed by atoms with E-state index in [-0.39, 0.29) is 0 Å². The molecule has 126 valence electrons. The second-order valence-electron chi connectivity index (χ2n) is 4.68. The predicted molar refractivity (Wildman–Crippen MR) is 98.9 cm³/mol. The summed E-state index contributed by atoms with van der Waals surface area (Å²) in [5, 5.41) is 3.32. The van der Waals surface area contributed by atoms with Crippen LogP contribution >= 0.6 is 11.6 Å². The maximum atomic E-state index is 6.17. The van der Waals surface area contributed by atoms with Crippen molar-refractivity contribution in [2.45, 2.75) is 27.7 Å². The standard InChI is InChI=1S/C12H18ClN3.C3H7N.C2H6/c1-3-15-6-8-16(9-7-15)11-5-4-10(2)14-12(11)13;1-3-4-2;1-2/h4-5H,3,6-9H2,1-2H3;3-4H,1H2,2H3;1-2H3. The molecular weight excluding hydrogens is 296 g/mol. The fourth-order valence-electron chi connectivity index (χ4n) is 2.06. The molecule has 0 aliphatic carbocycles. The van der Waals surface area contributed by atoms with Crippen molar-refractivity contribution >= 4 is 17.3 Å². The highest BCUT2D eigenvalue weighted by Crippen LogP contribution is 2.24. The van der Waals surface area contributed by atoms with Crippen LogP contribution in [-0.4, -0.2) is 49.7 Å². The van der Waals surface area contributed by atoms with E-state index in [0.29, 0.717) is 5.15 Å². The molecule has 1 aliphatic rings. The van der Waals surface area contributed by atoms with Crippen LogP contribution in [0.15, 0.2) is 24.9 Å².